The molecule has 2 unspecified atom stereocenters. The molecule has 5 nitrogen and oxygen atoms in total. The number of hydrogen-bond donors (Lipinski definition) is 1. The molecule has 2 aliphatic rings. The third kappa shape index (κ3) is 3.18. The lowest BCUT2D eigenvalue weighted by molar-refractivity contribution is -0.139. The van der Waals surface area contributed by atoms with E-state index in [2.05, 4.69) is 0 Å². The highest BCUT2D eigenvalue weighted by molar-refractivity contribution is 6.46. The van der Waals surface area contributed by atoms with Gasteiger partial charge in [0.05, 0.1) is 11.6 Å². The molecule has 6 heteroatoms. The number of nitrogens with zero attached hydrogens (tertiary/aromatic N) is 1. The number of fused-ring (bicyclic) bond motifs is 1. The van der Waals surface area contributed by atoms with Crippen LogP contribution in [-0.4, -0.2) is 34.3 Å². The van der Waals surface area contributed by atoms with Crippen molar-refractivity contribution in [2.24, 2.45) is 0 Å². The number of aliphatic hydroxyl groups is 1. The van der Waals surface area contributed by atoms with Gasteiger partial charge < -0.3 is 14.7 Å². The van der Waals surface area contributed by atoms with E-state index >= 15 is 0 Å². The van der Waals surface area contributed by atoms with Gasteiger partial charge in [-0.25, -0.2) is 4.39 Å². The fraction of sp³-hybridized carbons (Fsp3) is 0.304. The number of amides is 1. The van der Waals surface area contributed by atoms with Crippen LogP contribution in [0.25, 0.3) is 5.76 Å². The van der Waals surface area contributed by atoms with E-state index in [-0.39, 0.29) is 29.5 Å². The van der Waals surface area contributed by atoms with Gasteiger partial charge in [0.1, 0.15) is 23.4 Å². The maximum Gasteiger partial charge on any atom is 0.295 e. The fourth-order valence-electron chi connectivity index (χ4n) is 4.10. The zero-order chi connectivity index (χ0) is 20.7. The highest BCUT2D eigenvalue weighted by Gasteiger charge is 2.46. The smallest absolute Gasteiger partial charge is 0.295 e. The average Bonchev–Trinajstić information content (AvgIpc) is 3.19. The highest BCUT2D eigenvalue weighted by Crippen LogP contribution is 2.41. The molecule has 1 amide bonds. The van der Waals surface area contributed by atoms with Crippen LogP contribution < -0.4 is 4.74 Å². The molecule has 29 heavy (non-hydrogen) atoms. The summed E-state index contributed by atoms with van der Waals surface area (Å²) in [6.45, 7) is 4.11. The molecule has 0 aromatic heterocycles. The first-order valence-electron chi connectivity index (χ1n) is 9.75. The molecule has 150 valence electrons. The normalized spacial score (nSPS) is 22.7. The molecule has 4 rings (SSSR count). The molecule has 0 spiro atoms. The molecule has 1 saturated heterocycles. The average molecular weight is 395 g/mol. The van der Waals surface area contributed by atoms with Crippen LogP contribution in [-0.2, 0) is 16.0 Å². The van der Waals surface area contributed by atoms with Gasteiger partial charge in [0, 0.05) is 24.1 Å². The van der Waals surface area contributed by atoms with Gasteiger partial charge in [-0.15, -0.1) is 0 Å². The van der Waals surface area contributed by atoms with Crippen LogP contribution in [0.4, 0.5) is 4.39 Å². The number of carbonyl (C=O) groups is 2. The topological polar surface area (TPSA) is 66.8 Å². The van der Waals surface area contributed by atoms with Crippen molar-refractivity contribution in [3.63, 3.8) is 0 Å². The Labute approximate surface area is 168 Å². The lowest BCUT2D eigenvalue weighted by Gasteiger charge is -2.25. The second kappa shape index (κ2) is 7.35. The molecule has 1 N–H and O–H groups in total. The zero-order valence-electron chi connectivity index (χ0n) is 16.3. The first kappa shape index (κ1) is 19.2. The Morgan fingerprint density at radius 1 is 1.24 bits per heavy atom. The number of ketones is 1. The minimum atomic E-state index is -0.959. The largest absolute Gasteiger partial charge is 0.507 e. The number of benzene rings is 2. The minimum Gasteiger partial charge on any atom is -0.507 e. The molecule has 2 aliphatic heterocycles. The Morgan fingerprint density at radius 3 is 2.72 bits per heavy atom. The van der Waals surface area contributed by atoms with E-state index in [0.29, 0.717) is 18.4 Å². The van der Waals surface area contributed by atoms with E-state index in [4.69, 9.17) is 4.74 Å². The van der Waals surface area contributed by atoms with Crippen LogP contribution in [0.3, 0.4) is 0 Å². The van der Waals surface area contributed by atoms with Crippen LogP contribution in [0.5, 0.6) is 5.75 Å². The van der Waals surface area contributed by atoms with Crippen LogP contribution in [0.1, 0.15) is 43.0 Å². The van der Waals surface area contributed by atoms with E-state index in [9.17, 15) is 19.1 Å². The molecule has 2 aromatic rings. The van der Waals surface area contributed by atoms with Crippen molar-refractivity contribution in [3.8, 4) is 5.75 Å². The van der Waals surface area contributed by atoms with Crippen molar-refractivity contribution in [1.82, 2.24) is 4.90 Å². The summed E-state index contributed by atoms with van der Waals surface area (Å²) in [5.74, 6) is -1.60. The van der Waals surface area contributed by atoms with Crippen LogP contribution >= 0.6 is 0 Å². The molecular weight excluding hydrogens is 373 g/mol. The summed E-state index contributed by atoms with van der Waals surface area (Å²) in [5.41, 5.74) is 1.45. The summed E-state index contributed by atoms with van der Waals surface area (Å²) in [7, 11) is 0. The predicted octanol–water partition coefficient (Wildman–Crippen LogP) is 3.98. The number of ether oxygens (including phenoxy) is 1. The molecule has 0 saturated carbocycles. The summed E-state index contributed by atoms with van der Waals surface area (Å²) in [6, 6.07) is 10.2. The lowest BCUT2D eigenvalue weighted by atomic mass is 9.94. The van der Waals surface area contributed by atoms with E-state index in [1.807, 2.05) is 13.8 Å². The van der Waals surface area contributed by atoms with Gasteiger partial charge in [0.15, 0.2) is 0 Å². The molecule has 0 aliphatic carbocycles. The first-order chi connectivity index (χ1) is 13.9. The highest BCUT2D eigenvalue weighted by atomic mass is 19.1. The first-order valence-corrected chi connectivity index (χ1v) is 9.75. The summed E-state index contributed by atoms with van der Waals surface area (Å²) >= 11 is 0. The van der Waals surface area contributed by atoms with Gasteiger partial charge in [-0.1, -0.05) is 25.1 Å². The van der Waals surface area contributed by atoms with E-state index in [0.717, 1.165) is 11.3 Å². The Morgan fingerprint density at radius 2 is 2.00 bits per heavy atom. The Hall–Kier alpha value is -3.15. The van der Waals surface area contributed by atoms with Crippen molar-refractivity contribution in [2.75, 3.05) is 6.54 Å². The van der Waals surface area contributed by atoms with Crippen LogP contribution in [0.2, 0.25) is 0 Å². The van der Waals surface area contributed by atoms with Gasteiger partial charge in [-0.05, 0) is 43.2 Å². The number of likely N-dealkylation sites (tertiary alicyclic amines) is 1. The van der Waals surface area contributed by atoms with Gasteiger partial charge in [-0.3, -0.25) is 9.59 Å². The van der Waals surface area contributed by atoms with Crippen LogP contribution in [0, 0.1) is 5.82 Å². The molecular formula is C23H22FNO4. The number of hydrogen-bond acceptors (Lipinski definition) is 4. The Kier molecular flexibility index (Phi) is 4.86. The quantitative estimate of drug-likeness (QED) is 0.483. The second-order valence-corrected chi connectivity index (χ2v) is 7.47. The summed E-state index contributed by atoms with van der Waals surface area (Å²) in [5, 5.41) is 11.0. The Balaban J connectivity index is 1.87. The monoisotopic (exact) mass is 395 g/mol. The lowest BCUT2D eigenvalue weighted by Crippen LogP contribution is -2.30. The van der Waals surface area contributed by atoms with Gasteiger partial charge in [0.2, 0.25) is 0 Å². The molecule has 0 bridgehead atoms. The van der Waals surface area contributed by atoms with Gasteiger partial charge in [0.25, 0.3) is 11.7 Å². The maximum atomic E-state index is 14.6. The zero-order valence-corrected chi connectivity index (χ0v) is 16.3. The SMILES string of the molecule is CCCN1C(=O)C(=O)/C(=C(/O)c2ccc3c(c2)CC(C)O3)C1c1ccccc1F. The van der Waals surface area contributed by atoms with E-state index in [1.54, 1.807) is 36.4 Å². The molecule has 1 fully saturated rings. The molecule has 2 atom stereocenters. The number of Topliss-reactive ketones (excluding diaryl/α,β-unsaturated/α-hetero) is 1. The summed E-state index contributed by atoms with van der Waals surface area (Å²) in [4.78, 5) is 26.8. The number of halogens is 1. The van der Waals surface area contributed by atoms with Crippen molar-refractivity contribution in [1.29, 1.82) is 0 Å². The molecule has 0 radical (unpaired) electrons. The molecule has 2 aromatic carbocycles. The third-order valence-electron chi connectivity index (χ3n) is 5.37. The standard InChI is InChI=1S/C23H22FNO4/c1-3-10-25-20(16-6-4-5-7-17(16)24)19(22(27)23(25)28)21(26)14-8-9-18-15(12-14)11-13(2)29-18/h4-9,12-13,20,26H,3,10-11H2,1-2H3/b21-19+. The van der Waals surface area contributed by atoms with Crippen LogP contribution in [0.15, 0.2) is 48.0 Å². The second-order valence-electron chi connectivity index (χ2n) is 7.47. The van der Waals surface area contributed by atoms with Crippen molar-refractivity contribution in [3.05, 3.63) is 70.5 Å². The summed E-state index contributed by atoms with van der Waals surface area (Å²) in [6.07, 6.45) is 1.33. The fourth-order valence-corrected chi connectivity index (χ4v) is 4.10. The Bertz CT molecular complexity index is 1030. The number of aliphatic hydroxyl groups excluding tert-OH is 1. The third-order valence-corrected chi connectivity index (χ3v) is 5.37. The predicted molar refractivity (Wildman–Crippen MR) is 106 cm³/mol. The van der Waals surface area contributed by atoms with E-state index in [1.165, 1.54) is 11.0 Å². The van der Waals surface area contributed by atoms with Crippen molar-refractivity contribution < 1.29 is 23.8 Å². The molecule has 2 heterocycles. The summed E-state index contributed by atoms with van der Waals surface area (Å²) < 4.78 is 20.3. The number of rotatable bonds is 4. The number of carbonyl (C=O) groups excluding carboxylic acids is 2. The van der Waals surface area contributed by atoms with Gasteiger partial charge >= 0.3 is 0 Å². The van der Waals surface area contributed by atoms with Crippen molar-refractivity contribution >= 4 is 17.4 Å². The minimum absolute atomic E-state index is 0.0379. The van der Waals surface area contributed by atoms with E-state index < -0.39 is 23.5 Å². The maximum absolute atomic E-state index is 14.6. The van der Waals surface area contributed by atoms with Crippen molar-refractivity contribution in [2.45, 2.75) is 38.8 Å². The van der Waals surface area contributed by atoms with Gasteiger partial charge in [-0.2, -0.15) is 0 Å².